The van der Waals surface area contributed by atoms with Crippen LogP contribution in [-0.2, 0) is 25.6 Å². The Morgan fingerprint density at radius 1 is 1.06 bits per heavy atom. The molecule has 0 aliphatic heterocycles. The second kappa shape index (κ2) is 13.0. The lowest BCUT2D eigenvalue weighted by molar-refractivity contribution is -0.138. The molecular weight excluding hydrogens is 458 g/mol. The molecule has 0 aliphatic carbocycles. The van der Waals surface area contributed by atoms with E-state index in [1.165, 1.54) is 11.8 Å². The van der Waals surface area contributed by atoms with Crippen molar-refractivity contribution < 1.29 is 24.3 Å². The van der Waals surface area contributed by atoms with Crippen LogP contribution in [-0.4, -0.2) is 70.5 Å². The fourth-order valence-corrected chi connectivity index (χ4v) is 3.83. The van der Waals surface area contributed by atoms with Crippen molar-refractivity contribution in [2.75, 3.05) is 18.6 Å². The quantitative estimate of drug-likeness (QED) is 0.239. The van der Waals surface area contributed by atoms with Gasteiger partial charge in [0.2, 0.25) is 17.7 Å². The summed E-state index contributed by atoms with van der Waals surface area (Å²) in [6, 6.07) is 4.87. The van der Waals surface area contributed by atoms with Gasteiger partial charge in [-0.2, -0.15) is 11.8 Å². The van der Waals surface area contributed by atoms with Crippen LogP contribution in [0.1, 0.15) is 25.8 Å². The molecule has 3 unspecified atom stereocenters. The standard InChI is InChI=1S/C23H33N5O5S/c1-13(2)20(24)23(33)28-18(10-14-11-25-16-7-5-4-6-15(14)16)22(32)27-17(8-9-34-3)21(31)26-12-19(29)30/h4-7,11,13,17-18,20,25H,8-10,12,24H2,1-3H3,(H,26,31)(H,27,32)(H,28,33)(H,29,30). The number of carbonyl (C=O) groups excluding carboxylic acids is 3. The van der Waals surface area contributed by atoms with E-state index in [9.17, 15) is 19.2 Å². The number of rotatable bonds is 13. The number of aromatic nitrogens is 1. The molecule has 0 radical (unpaired) electrons. The van der Waals surface area contributed by atoms with Gasteiger partial charge < -0.3 is 31.8 Å². The molecule has 0 bridgehead atoms. The van der Waals surface area contributed by atoms with E-state index in [-0.39, 0.29) is 12.3 Å². The molecule has 0 saturated heterocycles. The SMILES string of the molecule is CSCCC(NC(=O)C(Cc1c[nH]c2ccccc12)NC(=O)C(N)C(C)C)C(=O)NCC(=O)O. The molecule has 0 aliphatic rings. The zero-order valence-corrected chi connectivity index (χ0v) is 20.4. The number of aliphatic carboxylic acids is 1. The van der Waals surface area contributed by atoms with Crippen molar-refractivity contribution in [3.8, 4) is 0 Å². The summed E-state index contributed by atoms with van der Waals surface area (Å²) in [5.74, 6) is -2.36. The Kier molecular flexibility index (Phi) is 10.4. The van der Waals surface area contributed by atoms with Gasteiger partial charge in [-0.3, -0.25) is 19.2 Å². The normalized spacial score (nSPS) is 13.8. The number of carboxylic acid groups (broad SMARTS) is 1. The second-order valence-electron chi connectivity index (χ2n) is 8.35. The molecule has 1 aromatic carbocycles. The first-order valence-electron chi connectivity index (χ1n) is 11.0. The summed E-state index contributed by atoms with van der Waals surface area (Å²) in [7, 11) is 0. The summed E-state index contributed by atoms with van der Waals surface area (Å²) in [5, 5.41) is 17.5. The minimum atomic E-state index is -1.18. The van der Waals surface area contributed by atoms with E-state index < -0.39 is 48.4 Å². The Labute approximate surface area is 202 Å². The molecule has 1 heterocycles. The molecule has 3 atom stereocenters. The van der Waals surface area contributed by atoms with Gasteiger partial charge in [-0.15, -0.1) is 0 Å². The predicted molar refractivity (Wildman–Crippen MR) is 132 cm³/mol. The van der Waals surface area contributed by atoms with Gasteiger partial charge in [0, 0.05) is 23.5 Å². The first-order valence-corrected chi connectivity index (χ1v) is 12.4. The third-order valence-corrected chi connectivity index (χ3v) is 6.05. The highest BCUT2D eigenvalue weighted by atomic mass is 32.2. The molecule has 1 aromatic heterocycles. The number of benzene rings is 1. The van der Waals surface area contributed by atoms with E-state index in [1.807, 2.05) is 44.4 Å². The van der Waals surface area contributed by atoms with Gasteiger partial charge >= 0.3 is 5.97 Å². The van der Waals surface area contributed by atoms with E-state index >= 15 is 0 Å². The van der Waals surface area contributed by atoms with E-state index in [0.29, 0.717) is 12.2 Å². The van der Waals surface area contributed by atoms with Crippen LogP contribution < -0.4 is 21.7 Å². The topological polar surface area (TPSA) is 166 Å². The fraction of sp³-hybridized carbons (Fsp3) is 0.478. The van der Waals surface area contributed by atoms with Crippen molar-refractivity contribution in [3.05, 3.63) is 36.0 Å². The molecule has 34 heavy (non-hydrogen) atoms. The Bertz CT molecular complexity index is 1010. The number of para-hydroxylation sites is 1. The zero-order chi connectivity index (χ0) is 25.3. The first kappa shape index (κ1) is 27.2. The molecule has 3 amide bonds. The lowest BCUT2D eigenvalue weighted by atomic mass is 10.0. The Balaban J connectivity index is 2.25. The maximum atomic E-state index is 13.3. The van der Waals surface area contributed by atoms with Crippen LogP contribution in [0.2, 0.25) is 0 Å². The smallest absolute Gasteiger partial charge is 0.322 e. The van der Waals surface area contributed by atoms with Gasteiger partial charge in [0.05, 0.1) is 6.04 Å². The number of carboxylic acids is 1. The van der Waals surface area contributed by atoms with Gasteiger partial charge in [0.15, 0.2) is 0 Å². The molecule has 10 nitrogen and oxygen atoms in total. The van der Waals surface area contributed by atoms with Crippen LogP contribution in [0, 0.1) is 5.92 Å². The number of aromatic amines is 1. The molecule has 11 heteroatoms. The molecule has 0 fully saturated rings. The summed E-state index contributed by atoms with van der Waals surface area (Å²) in [6.07, 6.45) is 4.13. The van der Waals surface area contributed by atoms with Crippen LogP contribution in [0.25, 0.3) is 10.9 Å². The fourth-order valence-electron chi connectivity index (χ4n) is 3.36. The number of hydrogen-bond donors (Lipinski definition) is 6. The van der Waals surface area contributed by atoms with Crippen LogP contribution in [0.5, 0.6) is 0 Å². The molecule has 2 aromatic rings. The summed E-state index contributed by atoms with van der Waals surface area (Å²) in [4.78, 5) is 52.4. The van der Waals surface area contributed by atoms with E-state index in [2.05, 4.69) is 20.9 Å². The number of thioether (sulfide) groups is 1. The third kappa shape index (κ3) is 7.77. The van der Waals surface area contributed by atoms with Crippen molar-refractivity contribution in [3.63, 3.8) is 0 Å². The molecule has 2 rings (SSSR count). The average Bonchev–Trinajstić information content (AvgIpc) is 3.21. The monoisotopic (exact) mass is 491 g/mol. The number of carbonyl (C=O) groups is 4. The van der Waals surface area contributed by atoms with E-state index in [4.69, 9.17) is 10.8 Å². The highest BCUT2D eigenvalue weighted by molar-refractivity contribution is 7.98. The minimum Gasteiger partial charge on any atom is -0.480 e. The lowest BCUT2D eigenvalue weighted by Crippen LogP contribution is -2.57. The highest BCUT2D eigenvalue weighted by Crippen LogP contribution is 2.19. The molecular formula is C23H33N5O5S. The van der Waals surface area contributed by atoms with E-state index in [1.54, 1.807) is 6.20 Å². The van der Waals surface area contributed by atoms with Crippen molar-refractivity contribution in [1.29, 1.82) is 0 Å². The van der Waals surface area contributed by atoms with Crippen LogP contribution in [0.4, 0.5) is 0 Å². The maximum Gasteiger partial charge on any atom is 0.322 e. The highest BCUT2D eigenvalue weighted by Gasteiger charge is 2.29. The Morgan fingerprint density at radius 3 is 2.38 bits per heavy atom. The molecule has 7 N–H and O–H groups in total. The van der Waals surface area contributed by atoms with Crippen molar-refractivity contribution in [2.45, 2.75) is 44.8 Å². The third-order valence-electron chi connectivity index (χ3n) is 5.41. The molecule has 0 spiro atoms. The Hall–Kier alpha value is -3.05. The predicted octanol–water partition coefficient (Wildman–Crippen LogP) is 0.617. The van der Waals surface area contributed by atoms with Crippen molar-refractivity contribution in [1.82, 2.24) is 20.9 Å². The van der Waals surface area contributed by atoms with Gasteiger partial charge in [0.25, 0.3) is 0 Å². The number of fused-ring (bicyclic) bond motifs is 1. The average molecular weight is 492 g/mol. The summed E-state index contributed by atoms with van der Waals surface area (Å²) in [6.45, 7) is 3.07. The number of nitrogens with one attached hydrogen (secondary N) is 4. The maximum absolute atomic E-state index is 13.3. The number of amides is 3. The summed E-state index contributed by atoms with van der Waals surface area (Å²) >= 11 is 1.49. The van der Waals surface area contributed by atoms with Gasteiger partial charge in [0.1, 0.15) is 18.6 Å². The molecule has 0 saturated carbocycles. The number of hydrogen-bond acceptors (Lipinski definition) is 6. The van der Waals surface area contributed by atoms with Gasteiger partial charge in [-0.25, -0.2) is 0 Å². The Morgan fingerprint density at radius 2 is 1.74 bits per heavy atom. The summed E-state index contributed by atoms with van der Waals surface area (Å²) < 4.78 is 0. The van der Waals surface area contributed by atoms with Crippen LogP contribution in [0.3, 0.4) is 0 Å². The minimum absolute atomic E-state index is 0.132. The largest absolute Gasteiger partial charge is 0.480 e. The van der Waals surface area contributed by atoms with Crippen LogP contribution in [0.15, 0.2) is 30.5 Å². The molecule has 186 valence electrons. The summed E-state index contributed by atoms with van der Waals surface area (Å²) in [5.41, 5.74) is 7.70. The van der Waals surface area contributed by atoms with Gasteiger partial charge in [-0.1, -0.05) is 32.0 Å². The number of nitrogens with two attached hydrogens (primary N) is 1. The van der Waals surface area contributed by atoms with Crippen molar-refractivity contribution >= 4 is 46.4 Å². The first-order chi connectivity index (χ1) is 16.1. The second-order valence-corrected chi connectivity index (χ2v) is 9.33. The van der Waals surface area contributed by atoms with Gasteiger partial charge in [-0.05, 0) is 36.0 Å². The van der Waals surface area contributed by atoms with E-state index in [0.717, 1.165) is 16.5 Å². The van der Waals surface area contributed by atoms with Crippen molar-refractivity contribution in [2.24, 2.45) is 11.7 Å². The lowest BCUT2D eigenvalue weighted by Gasteiger charge is -2.25. The zero-order valence-electron chi connectivity index (χ0n) is 19.6. The number of H-pyrrole nitrogens is 1. The van der Waals surface area contributed by atoms with Crippen LogP contribution >= 0.6 is 11.8 Å².